The predicted molar refractivity (Wildman–Crippen MR) is 61.3 cm³/mol. The molecule has 1 rings (SSSR count). The van der Waals surface area contributed by atoms with Crippen LogP contribution < -0.4 is 5.32 Å². The molecular formula is C8H15N3OS2. The van der Waals surface area contributed by atoms with Crippen molar-refractivity contribution in [2.24, 2.45) is 0 Å². The number of rotatable bonds is 5. The van der Waals surface area contributed by atoms with Crippen LogP contribution in [0.25, 0.3) is 0 Å². The number of anilines is 1. The molecule has 6 heteroatoms. The second-order valence-electron chi connectivity index (χ2n) is 3.26. The third-order valence-corrected chi connectivity index (χ3v) is 3.28. The maximum atomic E-state index is 10.9. The van der Waals surface area contributed by atoms with E-state index in [9.17, 15) is 4.21 Å². The highest BCUT2D eigenvalue weighted by molar-refractivity contribution is 7.84. The summed E-state index contributed by atoms with van der Waals surface area (Å²) in [5, 5.41) is 4.07. The zero-order chi connectivity index (χ0) is 10.6. The van der Waals surface area contributed by atoms with Crippen molar-refractivity contribution in [2.45, 2.75) is 26.3 Å². The van der Waals surface area contributed by atoms with E-state index >= 15 is 0 Å². The van der Waals surface area contributed by atoms with Crippen LogP contribution in [0.3, 0.4) is 0 Å². The summed E-state index contributed by atoms with van der Waals surface area (Å²) in [6.07, 6.45) is 2.61. The Labute approximate surface area is 90.8 Å². The molecule has 0 fully saturated rings. The summed E-state index contributed by atoms with van der Waals surface area (Å²) in [5.41, 5.74) is 0. The Morgan fingerprint density at radius 1 is 1.64 bits per heavy atom. The van der Waals surface area contributed by atoms with Gasteiger partial charge in [-0.15, -0.1) is 0 Å². The minimum absolute atomic E-state index is 0.297. The minimum atomic E-state index is -0.712. The lowest BCUT2D eigenvalue weighted by Crippen LogP contribution is -2.17. The Morgan fingerprint density at radius 3 is 2.86 bits per heavy atom. The first-order chi connectivity index (χ1) is 6.58. The van der Waals surface area contributed by atoms with Crippen LogP contribution in [0.15, 0.2) is 0 Å². The minimum Gasteiger partial charge on any atom is -0.358 e. The molecule has 0 radical (unpaired) electrons. The highest BCUT2D eigenvalue weighted by Gasteiger charge is 2.06. The molecule has 4 nitrogen and oxygen atoms in total. The van der Waals surface area contributed by atoms with Gasteiger partial charge in [-0.3, -0.25) is 4.21 Å². The van der Waals surface area contributed by atoms with Gasteiger partial charge >= 0.3 is 0 Å². The van der Waals surface area contributed by atoms with Gasteiger partial charge in [0, 0.05) is 40.4 Å². The van der Waals surface area contributed by atoms with Crippen LogP contribution in [0, 0.1) is 6.92 Å². The molecule has 2 unspecified atom stereocenters. The van der Waals surface area contributed by atoms with Gasteiger partial charge in [-0.2, -0.15) is 4.37 Å². The van der Waals surface area contributed by atoms with Gasteiger partial charge in [0.1, 0.15) is 5.82 Å². The van der Waals surface area contributed by atoms with Crippen LogP contribution in [0.1, 0.15) is 19.2 Å². The Hall–Kier alpha value is -0.490. The van der Waals surface area contributed by atoms with Gasteiger partial charge in [-0.05, 0) is 20.3 Å². The van der Waals surface area contributed by atoms with Gasteiger partial charge in [0.25, 0.3) is 0 Å². The molecular weight excluding hydrogens is 218 g/mol. The van der Waals surface area contributed by atoms with Gasteiger partial charge in [-0.25, -0.2) is 4.98 Å². The van der Waals surface area contributed by atoms with Crippen LogP contribution in [0.2, 0.25) is 0 Å². The van der Waals surface area contributed by atoms with Gasteiger partial charge in [0.15, 0.2) is 0 Å². The molecule has 14 heavy (non-hydrogen) atoms. The van der Waals surface area contributed by atoms with E-state index in [2.05, 4.69) is 21.6 Å². The molecule has 0 spiro atoms. The number of aryl methyl sites for hydroxylation is 1. The molecule has 0 aliphatic heterocycles. The van der Waals surface area contributed by atoms with E-state index in [1.54, 1.807) is 6.26 Å². The number of nitrogens with one attached hydrogen (secondary N) is 1. The highest BCUT2D eigenvalue weighted by Crippen LogP contribution is 2.12. The van der Waals surface area contributed by atoms with E-state index in [0.29, 0.717) is 6.04 Å². The number of hydrogen-bond donors (Lipinski definition) is 1. The van der Waals surface area contributed by atoms with Crippen molar-refractivity contribution in [3.8, 4) is 0 Å². The molecule has 1 heterocycles. The monoisotopic (exact) mass is 233 g/mol. The van der Waals surface area contributed by atoms with Gasteiger partial charge in [-0.1, -0.05) is 0 Å². The number of hydrogen-bond acceptors (Lipinski definition) is 5. The Morgan fingerprint density at radius 2 is 2.36 bits per heavy atom. The van der Waals surface area contributed by atoms with Crippen molar-refractivity contribution in [1.29, 1.82) is 0 Å². The molecule has 2 atom stereocenters. The van der Waals surface area contributed by atoms with E-state index in [0.717, 1.165) is 23.1 Å². The molecule has 0 aliphatic rings. The SMILES string of the molecule is Cc1nsc(NC(C)CCS(C)=O)n1. The summed E-state index contributed by atoms with van der Waals surface area (Å²) < 4.78 is 14.9. The van der Waals surface area contributed by atoms with Crippen molar-refractivity contribution < 1.29 is 4.21 Å². The quantitative estimate of drug-likeness (QED) is 0.835. The van der Waals surface area contributed by atoms with Gasteiger partial charge < -0.3 is 5.32 Å². The average molecular weight is 233 g/mol. The third-order valence-electron chi connectivity index (χ3n) is 1.74. The van der Waals surface area contributed by atoms with E-state index in [-0.39, 0.29) is 0 Å². The summed E-state index contributed by atoms with van der Waals surface area (Å²) >= 11 is 1.36. The van der Waals surface area contributed by atoms with E-state index in [4.69, 9.17) is 0 Å². The molecule has 0 saturated heterocycles. The van der Waals surface area contributed by atoms with Crippen LogP contribution in [0.5, 0.6) is 0 Å². The molecule has 1 aromatic heterocycles. The fraction of sp³-hybridized carbons (Fsp3) is 0.750. The second kappa shape index (κ2) is 5.41. The fourth-order valence-corrected chi connectivity index (χ4v) is 2.35. The largest absolute Gasteiger partial charge is 0.358 e. The normalized spacial score (nSPS) is 15.1. The molecule has 0 aromatic carbocycles. The van der Waals surface area contributed by atoms with Crippen molar-refractivity contribution in [3.63, 3.8) is 0 Å². The summed E-state index contributed by atoms with van der Waals surface area (Å²) in [7, 11) is -0.712. The molecule has 1 aromatic rings. The van der Waals surface area contributed by atoms with Crippen LogP contribution in [0.4, 0.5) is 5.13 Å². The molecule has 1 N–H and O–H groups in total. The highest BCUT2D eigenvalue weighted by atomic mass is 32.2. The topological polar surface area (TPSA) is 54.9 Å². The first kappa shape index (κ1) is 11.6. The first-order valence-corrected chi connectivity index (χ1v) is 6.95. The second-order valence-corrected chi connectivity index (χ2v) is 5.56. The molecule has 0 saturated carbocycles. The van der Waals surface area contributed by atoms with Crippen LogP contribution >= 0.6 is 11.5 Å². The predicted octanol–water partition coefficient (Wildman–Crippen LogP) is 1.42. The average Bonchev–Trinajstić information content (AvgIpc) is 2.48. The van der Waals surface area contributed by atoms with Crippen molar-refractivity contribution in [1.82, 2.24) is 9.36 Å². The maximum Gasteiger partial charge on any atom is 0.202 e. The van der Waals surface area contributed by atoms with Crippen molar-refractivity contribution in [3.05, 3.63) is 5.82 Å². The first-order valence-electron chi connectivity index (χ1n) is 4.45. The number of aromatic nitrogens is 2. The van der Waals surface area contributed by atoms with Gasteiger partial charge in [0.05, 0.1) is 0 Å². The van der Waals surface area contributed by atoms with Crippen LogP contribution in [-0.4, -0.2) is 31.6 Å². The lowest BCUT2D eigenvalue weighted by Gasteiger charge is -2.10. The summed E-state index contributed by atoms with van der Waals surface area (Å²) in [4.78, 5) is 4.20. The van der Waals surface area contributed by atoms with E-state index in [1.807, 2.05) is 6.92 Å². The molecule has 80 valence electrons. The zero-order valence-corrected chi connectivity index (χ0v) is 10.2. The fourth-order valence-electron chi connectivity index (χ4n) is 0.981. The zero-order valence-electron chi connectivity index (χ0n) is 8.61. The van der Waals surface area contributed by atoms with Crippen LogP contribution in [-0.2, 0) is 10.8 Å². The van der Waals surface area contributed by atoms with Gasteiger partial charge in [0.2, 0.25) is 5.13 Å². The number of nitrogens with zero attached hydrogens (tertiary/aromatic N) is 2. The summed E-state index contributed by atoms with van der Waals surface area (Å²) in [6, 6.07) is 0.297. The summed E-state index contributed by atoms with van der Waals surface area (Å²) in [5.74, 6) is 1.52. The Bertz CT molecular complexity index is 313. The molecule has 0 amide bonds. The standard InChI is InChI=1S/C8H15N3OS2/c1-6(4-5-14(3)12)9-8-10-7(2)11-13-8/h6H,4-5H2,1-3H3,(H,9,10,11). The van der Waals surface area contributed by atoms with E-state index < -0.39 is 10.8 Å². The lowest BCUT2D eigenvalue weighted by atomic mass is 10.3. The molecule has 0 aliphatic carbocycles. The van der Waals surface area contributed by atoms with Crippen molar-refractivity contribution in [2.75, 3.05) is 17.3 Å². The smallest absolute Gasteiger partial charge is 0.202 e. The Kier molecular flexibility index (Phi) is 4.47. The Balaban J connectivity index is 2.33. The van der Waals surface area contributed by atoms with E-state index in [1.165, 1.54) is 11.5 Å². The summed E-state index contributed by atoms with van der Waals surface area (Å²) in [6.45, 7) is 3.93. The lowest BCUT2D eigenvalue weighted by molar-refractivity contribution is 0.678. The third kappa shape index (κ3) is 4.15. The molecule has 0 bridgehead atoms. The van der Waals surface area contributed by atoms with Crippen molar-refractivity contribution >= 4 is 27.5 Å². The maximum absolute atomic E-state index is 10.9.